The Bertz CT molecular complexity index is 398. The lowest BCUT2D eigenvalue weighted by molar-refractivity contribution is 0.164. The molecule has 16 heavy (non-hydrogen) atoms. The average molecular weight is 242 g/mol. The number of aliphatic hydroxyl groups excluding tert-OH is 1. The Kier molecular flexibility index (Phi) is 4.96. The molecule has 0 saturated carbocycles. The third-order valence-electron chi connectivity index (χ3n) is 2.43. The van der Waals surface area contributed by atoms with Crippen molar-refractivity contribution in [1.29, 1.82) is 0 Å². The summed E-state index contributed by atoms with van der Waals surface area (Å²) < 4.78 is 21.8. The van der Waals surface area contributed by atoms with Crippen molar-refractivity contribution in [3.8, 4) is 0 Å². The Morgan fingerprint density at radius 1 is 1.19 bits per heavy atom. The summed E-state index contributed by atoms with van der Waals surface area (Å²) in [5, 5.41) is 9.80. The zero-order valence-corrected chi connectivity index (χ0v) is 10.3. The van der Waals surface area contributed by atoms with Crippen LogP contribution in [0.1, 0.15) is 30.9 Å². The van der Waals surface area contributed by atoms with Gasteiger partial charge in [-0.25, -0.2) is 8.42 Å². The summed E-state index contributed by atoms with van der Waals surface area (Å²) in [5.41, 5.74) is 0.891. The molecule has 0 aromatic heterocycles. The molecule has 0 radical (unpaired) electrons. The minimum absolute atomic E-state index is 0.203. The Morgan fingerprint density at radius 3 is 2.38 bits per heavy atom. The minimum Gasteiger partial charge on any atom is -0.388 e. The maximum absolute atomic E-state index is 10.9. The molecule has 1 rings (SSSR count). The van der Waals surface area contributed by atoms with Gasteiger partial charge < -0.3 is 5.11 Å². The second kappa shape index (κ2) is 6.01. The second-order valence-electron chi connectivity index (χ2n) is 4.05. The fraction of sp³-hybridized carbons (Fsp3) is 0.500. The fourth-order valence-corrected chi connectivity index (χ4v) is 2.27. The smallest absolute Gasteiger partial charge is 0.147 e. The lowest BCUT2D eigenvalue weighted by atomic mass is 10.0. The van der Waals surface area contributed by atoms with E-state index in [-0.39, 0.29) is 5.75 Å². The first-order valence-electron chi connectivity index (χ1n) is 5.40. The molecule has 0 amide bonds. The molecule has 90 valence electrons. The van der Waals surface area contributed by atoms with E-state index in [4.69, 9.17) is 0 Å². The quantitative estimate of drug-likeness (QED) is 0.776. The van der Waals surface area contributed by atoms with Crippen molar-refractivity contribution in [2.45, 2.75) is 25.4 Å². The summed E-state index contributed by atoms with van der Waals surface area (Å²) >= 11 is 0. The summed E-state index contributed by atoms with van der Waals surface area (Å²) in [6, 6.07) is 9.42. The highest BCUT2D eigenvalue weighted by Crippen LogP contribution is 2.18. The topological polar surface area (TPSA) is 54.4 Å². The Labute approximate surface area is 97.0 Å². The Morgan fingerprint density at radius 2 is 1.81 bits per heavy atom. The molecule has 0 bridgehead atoms. The number of hydrogen-bond acceptors (Lipinski definition) is 3. The molecule has 0 saturated heterocycles. The van der Waals surface area contributed by atoms with E-state index in [0.717, 1.165) is 12.0 Å². The number of benzene rings is 1. The van der Waals surface area contributed by atoms with E-state index in [2.05, 4.69) is 0 Å². The first-order chi connectivity index (χ1) is 7.49. The summed E-state index contributed by atoms with van der Waals surface area (Å²) in [6.07, 6.45) is 2.70. The van der Waals surface area contributed by atoms with E-state index in [0.29, 0.717) is 12.8 Å². The van der Waals surface area contributed by atoms with E-state index in [1.807, 2.05) is 30.3 Å². The normalized spacial score (nSPS) is 13.6. The largest absolute Gasteiger partial charge is 0.388 e. The SMILES string of the molecule is CS(=O)(=O)CCCCC(O)c1ccccc1. The van der Waals surface area contributed by atoms with Crippen LogP contribution in [0.3, 0.4) is 0 Å². The molecule has 0 spiro atoms. The highest BCUT2D eigenvalue weighted by molar-refractivity contribution is 7.90. The van der Waals surface area contributed by atoms with Gasteiger partial charge in [0.15, 0.2) is 0 Å². The lowest BCUT2D eigenvalue weighted by Gasteiger charge is -2.10. The molecule has 1 atom stereocenters. The number of rotatable bonds is 6. The van der Waals surface area contributed by atoms with Crippen LogP contribution in [0.15, 0.2) is 30.3 Å². The van der Waals surface area contributed by atoms with Crippen LogP contribution in [0.4, 0.5) is 0 Å². The molecule has 1 unspecified atom stereocenters. The lowest BCUT2D eigenvalue weighted by Crippen LogP contribution is -2.04. The first-order valence-corrected chi connectivity index (χ1v) is 7.46. The second-order valence-corrected chi connectivity index (χ2v) is 6.31. The molecule has 1 aromatic carbocycles. The molecule has 4 heteroatoms. The van der Waals surface area contributed by atoms with Crippen LogP contribution in [0.2, 0.25) is 0 Å². The third-order valence-corrected chi connectivity index (χ3v) is 3.46. The van der Waals surface area contributed by atoms with Crippen LogP contribution in [-0.4, -0.2) is 25.5 Å². The molecule has 0 fully saturated rings. The van der Waals surface area contributed by atoms with E-state index in [9.17, 15) is 13.5 Å². The number of sulfone groups is 1. The number of aliphatic hydroxyl groups is 1. The van der Waals surface area contributed by atoms with Crippen molar-refractivity contribution in [3.05, 3.63) is 35.9 Å². The number of hydrogen-bond donors (Lipinski definition) is 1. The molecular formula is C12H18O3S. The van der Waals surface area contributed by atoms with E-state index >= 15 is 0 Å². The van der Waals surface area contributed by atoms with Crippen LogP contribution in [0.25, 0.3) is 0 Å². The van der Waals surface area contributed by atoms with Crippen LogP contribution in [0, 0.1) is 0 Å². The van der Waals surface area contributed by atoms with Crippen LogP contribution >= 0.6 is 0 Å². The molecular weight excluding hydrogens is 224 g/mol. The first kappa shape index (κ1) is 13.2. The maximum Gasteiger partial charge on any atom is 0.147 e. The molecule has 3 nitrogen and oxygen atoms in total. The van der Waals surface area contributed by atoms with Crippen LogP contribution in [-0.2, 0) is 9.84 Å². The van der Waals surface area contributed by atoms with Crippen molar-refractivity contribution in [3.63, 3.8) is 0 Å². The van der Waals surface area contributed by atoms with E-state index < -0.39 is 15.9 Å². The van der Waals surface area contributed by atoms with Gasteiger partial charge in [0, 0.05) is 12.0 Å². The highest BCUT2D eigenvalue weighted by atomic mass is 32.2. The monoisotopic (exact) mass is 242 g/mol. The molecule has 0 aliphatic heterocycles. The predicted octanol–water partition coefficient (Wildman–Crippen LogP) is 1.93. The predicted molar refractivity (Wildman–Crippen MR) is 65.0 cm³/mol. The Hall–Kier alpha value is -0.870. The zero-order chi connectivity index (χ0) is 12.0. The fourth-order valence-electron chi connectivity index (χ4n) is 1.54. The minimum atomic E-state index is -2.87. The molecule has 1 N–H and O–H groups in total. The van der Waals surface area contributed by atoms with Gasteiger partial charge in [0.05, 0.1) is 6.10 Å². The molecule has 0 aliphatic carbocycles. The van der Waals surface area contributed by atoms with E-state index in [1.54, 1.807) is 0 Å². The highest BCUT2D eigenvalue weighted by Gasteiger charge is 2.07. The maximum atomic E-state index is 10.9. The summed E-state index contributed by atoms with van der Waals surface area (Å²) in [6.45, 7) is 0. The average Bonchev–Trinajstić information content (AvgIpc) is 2.24. The van der Waals surface area contributed by atoms with Crippen LogP contribution < -0.4 is 0 Å². The van der Waals surface area contributed by atoms with Gasteiger partial charge >= 0.3 is 0 Å². The number of unbranched alkanes of at least 4 members (excludes halogenated alkanes) is 1. The van der Waals surface area contributed by atoms with Crippen molar-refractivity contribution >= 4 is 9.84 Å². The zero-order valence-electron chi connectivity index (χ0n) is 9.46. The van der Waals surface area contributed by atoms with Crippen molar-refractivity contribution < 1.29 is 13.5 Å². The van der Waals surface area contributed by atoms with Gasteiger partial charge in [-0.05, 0) is 24.8 Å². The van der Waals surface area contributed by atoms with Gasteiger partial charge in [0.2, 0.25) is 0 Å². The third kappa shape index (κ3) is 5.28. The van der Waals surface area contributed by atoms with Crippen molar-refractivity contribution in [2.75, 3.05) is 12.0 Å². The molecule has 1 aromatic rings. The van der Waals surface area contributed by atoms with Gasteiger partial charge in [-0.2, -0.15) is 0 Å². The van der Waals surface area contributed by atoms with Gasteiger partial charge in [0.1, 0.15) is 9.84 Å². The summed E-state index contributed by atoms with van der Waals surface area (Å²) in [5.74, 6) is 0.203. The van der Waals surface area contributed by atoms with Crippen LogP contribution in [0.5, 0.6) is 0 Å². The van der Waals surface area contributed by atoms with Gasteiger partial charge in [-0.15, -0.1) is 0 Å². The van der Waals surface area contributed by atoms with Crippen molar-refractivity contribution in [1.82, 2.24) is 0 Å². The van der Waals surface area contributed by atoms with Gasteiger partial charge in [0.25, 0.3) is 0 Å². The van der Waals surface area contributed by atoms with Gasteiger partial charge in [-0.3, -0.25) is 0 Å². The standard InChI is InChI=1S/C12H18O3S/c1-16(14,15)10-6-5-9-12(13)11-7-3-2-4-8-11/h2-4,7-8,12-13H,5-6,9-10H2,1H3. The molecule has 0 aliphatic rings. The van der Waals surface area contributed by atoms with Gasteiger partial charge in [-0.1, -0.05) is 30.3 Å². The Balaban J connectivity index is 2.29. The van der Waals surface area contributed by atoms with Crippen molar-refractivity contribution in [2.24, 2.45) is 0 Å². The molecule has 0 heterocycles. The summed E-state index contributed by atoms with van der Waals surface area (Å²) in [4.78, 5) is 0. The van der Waals surface area contributed by atoms with E-state index in [1.165, 1.54) is 6.26 Å². The summed E-state index contributed by atoms with van der Waals surface area (Å²) in [7, 11) is -2.87.